The molecule has 0 radical (unpaired) electrons. The minimum atomic E-state index is 0.558. The van der Waals surface area contributed by atoms with Crippen molar-refractivity contribution in [2.45, 2.75) is 52.9 Å². The summed E-state index contributed by atoms with van der Waals surface area (Å²) in [5, 5.41) is 3.39. The van der Waals surface area contributed by atoms with Crippen LogP contribution in [-0.4, -0.2) is 37.6 Å². The van der Waals surface area contributed by atoms with E-state index in [0.29, 0.717) is 5.41 Å². The molecular weight excluding hydrogens is 196 g/mol. The van der Waals surface area contributed by atoms with Crippen LogP contribution in [0.2, 0.25) is 0 Å². The lowest BCUT2D eigenvalue weighted by molar-refractivity contribution is 0.116. The Morgan fingerprint density at radius 1 is 1.19 bits per heavy atom. The van der Waals surface area contributed by atoms with Crippen molar-refractivity contribution in [3.05, 3.63) is 0 Å². The van der Waals surface area contributed by atoms with Crippen molar-refractivity contribution >= 4 is 0 Å². The Hall–Kier alpha value is -0.0800. The molecule has 0 atom stereocenters. The molecule has 16 heavy (non-hydrogen) atoms. The number of likely N-dealkylation sites (tertiary alicyclic amines) is 1. The van der Waals surface area contributed by atoms with Crippen molar-refractivity contribution in [2.75, 3.05) is 32.7 Å². The molecule has 0 aromatic rings. The molecule has 0 unspecified atom stereocenters. The van der Waals surface area contributed by atoms with E-state index < -0.39 is 0 Å². The molecule has 0 aromatic heterocycles. The summed E-state index contributed by atoms with van der Waals surface area (Å²) in [6.07, 6.45) is 6.89. The van der Waals surface area contributed by atoms with Gasteiger partial charge in [0.05, 0.1) is 0 Å². The van der Waals surface area contributed by atoms with Crippen LogP contribution in [0.15, 0.2) is 0 Å². The molecular formula is C14H30N2. The van der Waals surface area contributed by atoms with Gasteiger partial charge in [0.25, 0.3) is 0 Å². The van der Waals surface area contributed by atoms with Crippen LogP contribution in [0.1, 0.15) is 52.9 Å². The van der Waals surface area contributed by atoms with E-state index in [4.69, 9.17) is 0 Å². The summed E-state index contributed by atoms with van der Waals surface area (Å²) >= 11 is 0. The molecule has 1 fully saturated rings. The minimum Gasteiger partial charge on any atom is -0.317 e. The van der Waals surface area contributed by atoms with E-state index >= 15 is 0 Å². The highest BCUT2D eigenvalue weighted by Crippen LogP contribution is 2.28. The molecule has 2 heteroatoms. The zero-order chi connectivity index (χ0) is 11.9. The molecule has 1 aliphatic rings. The van der Waals surface area contributed by atoms with Crippen molar-refractivity contribution in [3.8, 4) is 0 Å². The molecule has 0 saturated carbocycles. The monoisotopic (exact) mass is 226 g/mol. The summed E-state index contributed by atoms with van der Waals surface area (Å²) < 4.78 is 0. The largest absolute Gasteiger partial charge is 0.317 e. The Labute approximate surface area is 102 Å². The van der Waals surface area contributed by atoms with Crippen LogP contribution in [0, 0.1) is 5.41 Å². The van der Waals surface area contributed by atoms with Crippen LogP contribution in [0.4, 0.5) is 0 Å². The average Bonchev–Trinajstić information content (AvgIpc) is 2.22. The maximum Gasteiger partial charge on any atom is 0.00327 e. The number of nitrogens with one attached hydrogen (secondary N) is 1. The van der Waals surface area contributed by atoms with E-state index in [1.54, 1.807) is 0 Å². The lowest BCUT2D eigenvalue weighted by atomic mass is 9.84. The highest BCUT2D eigenvalue weighted by atomic mass is 15.1. The molecule has 0 amide bonds. The van der Waals surface area contributed by atoms with E-state index in [2.05, 4.69) is 31.0 Å². The third kappa shape index (κ3) is 5.86. The third-order valence-electron chi connectivity index (χ3n) is 3.56. The summed E-state index contributed by atoms with van der Waals surface area (Å²) in [6, 6.07) is 0. The van der Waals surface area contributed by atoms with E-state index in [-0.39, 0.29) is 0 Å². The first-order valence-electron chi connectivity index (χ1n) is 7.07. The van der Waals surface area contributed by atoms with Gasteiger partial charge in [-0.3, -0.25) is 0 Å². The fraction of sp³-hybridized carbons (Fsp3) is 1.00. The van der Waals surface area contributed by atoms with Crippen LogP contribution < -0.4 is 5.32 Å². The maximum absolute atomic E-state index is 3.39. The molecule has 2 nitrogen and oxygen atoms in total. The molecule has 0 aromatic carbocycles. The molecule has 1 N–H and O–H groups in total. The number of hydrogen-bond donors (Lipinski definition) is 1. The Balaban J connectivity index is 2.00. The smallest absolute Gasteiger partial charge is 0.00327 e. The standard InChI is InChI=1S/C14H30N2/c1-4-15-10-6-5-7-11-16-12-8-9-14(2,3)13-16/h15H,4-13H2,1-3H3. The average molecular weight is 226 g/mol. The molecule has 0 bridgehead atoms. The second-order valence-electron chi connectivity index (χ2n) is 5.96. The summed E-state index contributed by atoms with van der Waals surface area (Å²) in [5.74, 6) is 0. The quantitative estimate of drug-likeness (QED) is 0.672. The number of rotatable bonds is 7. The summed E-state index contributed by atoms with van der Waals surface area (Å²) in [6.45, 7) is 13.2. The Bertz CT molecular complexity index is 178. The van der Waals surface area contributed by atoms with Gasteiger partial charge in [-0.15, -0.1) is 0 Å². The van der Waals surface area contributed by atoms with Crippen molar-refractivity contribution in [1.82, 2.24) is 10.2 Å². The number of piperidine rings is 1. The Kier molecular flexibility index (Phi) is 6.37. The number of unbranched alkanes of at least 4 members (excludes halogenated alkanes) is 2. The minimum absolute atomic E-state index is 0.558. The van der Waals surface area contributed by atoms with Crippen LogP contribution in [0.3, 0.4) is 0 Å². The van der Waals surface area contributed by atoms with Gasteiger partial charge in [0.15, 0.2) is 0 Å². The number of nitrogens with zero attached hydrogens (tertiary/aromatic N) is 1. The van der Waals surface area contributed by atoms with Gasteiger partial charge in [0, 0.05) is 6.54 Å². The molecule has 0 aliphatic carbocycles. The van der Waals surface area contributed by atoms with Crippen molar-refractivity contribution in [3.63, 3.8) is 0 Å². The molecule has 1 heterocycles. The molecule has 96 valence electrons. The lowest BCUT2D eigenvalue weighted by Crippen LogP contribution is -2.40. The molecule has 1 saturated heterocycles. The van der Waals surface area contributed by atoms with Crippen molar-refractivity contribution in [2.24, 2.45) is 5.41 Å². The predicted molar refractivity (Wildman–Crippen MR) is 71.8 cm³/mol. The molecule has 1 rings (SSSR count). The fourth-order valence-electron chi connectivity index (χ4n) is 2.67. The first kappa shape index (κ1) is 14.0. The highest BCUT2D eigenvalue weighted by Gasteiger charge is 2.25. The lowest BCUT2D eigenvalue weighted by Gasteiger charge is -2.38. The maximum atomic E-state index is 3.39. The first-order chi connectivity index (χ1) is 7.64. The molecule has 1 aliphatic heterocycles. The highest BCUT2D eigenvalue weighted by molar-refractivity contribution is 4.79. The van der Waals surface area contributed by atoms with Crippen LogP contribution >= 0.6 is 0 Å². The van der Waals surface area contributed by atoms with Gasteiger partial charge in [-0.1, -0.05) is 27.2 Å². The van der Waals surface area contributed by atoms with Crippen molar-refractivity contribution < 1.29 is 0 Å². The fourth-order valence-corrected chi connectivity index (χ4v) is 2.67. The summed E-state index contributed by atoms with van der Waals surface area (Å²) in [7, 11) is 0. The van der Waals surface area contributed by atoms with Crippen LogP contribution in [0.25, 0.3) is 0 Å². The SMILES string of the molecule is CCNCCCCCN1CCCC(C)(C)C1. The van der Waals surface area contributed by atoms with E-state index in [0.717, 1.165) is 6.54 Å². The topological polar surface area (TPSA) is 15.3 Å². The van der Waals surface area contributed by atoms with Gasteiger partial charge in [-0.05, 0) is 57.3 Å². The Morgan fingerprint density at radius 2 is 2.00 bits per heavy atom. The predicted octanol–water partition coefficient (Wildman–Crippen LogP) is 2.89. The zero-order valence-electron chi connectivity index (χ0n) is 11.5. The number of hydrogen-bond acceptors (Lipinski definition) is 2. The van der Waals surface area contributed by atoms with Gasteiger partial charge < -0.3 is 10.2 Å². The van der Waals surface area contributed by atoms with Crippen molar-refractivity contribution in [1.29, 1.82) is 0 Å². The third-order valence-corrected chi connectivity index (χ3v) is 3.56. The van der Waals surface area contributed by atoms with E-state index in [9.17, 15) is 0 Å². The van der Waals surface area contributed by atoms with Gasteiger partial charge >= 0.3 is 0 Å². The Morgan fingerprint density at radius 3 is 2.69 bits per heavy atom. The van der Waals surface area contributed by atoms with Crippen LogP contribution in [-0.2, 0) is 0 Å². The normalized spacial score (nSPS) is 21.2. The summed E-state index contributed by atoms with van der Waals surface area (Å²) in [5.41, 5.74) is 0.558. The van der Waals surface area contributed by atoms with E-state index in [1.807, 2.05) is 0 Å². The zero-order valence-corrected chi connectivity index (χ0v) is 11.5. The second kappa shape index (κ2) is 7.29. The van der Waals surface area contributed by atoms with Gasteiger partial charge in [-0.2, -0.15) is 0 Å². The van der Waals surface area contributed by atoms with Gasteiger partial charge in [-0.25, -0.2) is 0 Å². The summed E-state index contributed by atoms with van der Waals surface area (Å²) in [4.78, 5) is 2.66. The van der Waals surface area contributed by atoms with Gasteiger partial charge in [0.2, 0.25) is 0 Å². The second-order valence-corrected chi connectivity index (χ2v) is 5.96. The van der Waals surface area contributed by atoms with Gasteiger partial charge in [0.1, 0.15) is 0 Å². The van der Waals surface area contributed by atoms with E-state index in [1.165, 1.54) is 58.3 Å². The molecule has 0 spiro atoms. The van der Waals surface area contributed by atoms with Crippen LogP contribution in [0.5, 0.6) is 0 Å². The first-order valence-corrected chi connectivity index (χ1v) is 7.07.